The second-order valence-electron chi connectivity index (χ2n) is 2.72. The first-order valence-corrected chi connectivity index (χ1v) is 4.15. The zero-order chi connectivity index (χ0) is 7.94. The maximum Gasteiger partial charge on any atom is 0.122 e. The van der Waals surface area contributed by atoms with Gasteiger partial charge in [-0.1, -0.05) is 12.2 Å². The quantitative estimate of drug-likeness (QED) is 0.350. The molecule has 0 fully saturated rings. The van der Waals surface area contributed by atoms with Crippen molar-refractivity contribution in [2.75, 3.05) is 6.61 Å². The van der Waals surface area contributed by atoms with Gasteiger partial charge in [-0.15, -0.1) is 0 Å². The Morgan fingerprint density at radius 2 is 2.55 bits per heavy atom. The molecule has 62 valence electrons. The van der Waals surface area contributed by atoms with Crippen LogP contribution >= 0.6 is 0 Å². The fraction of sp³-hybridized carbons (Fsp3) is 0.667. The molecule has 1 unspecified atom stereocenters. The van der Waals surface area contributed by atoms with E-state index in [0.717, 1.165) is 12.7 Å². The topological polar surface area (TPSA) is 26.3 Å². The summed E-state index contributed by atoms with van der Waals surface area (Å²) >= 11 is 0. The van der Waals surface area contributed by atoms with Gasteiger partial charge in [0.2, 0.25) is 0 Å². The van der Waals surface area contributed by atoms with E-state index in [1.54, 1.807) is 0 Å². The fourth-order valence-corrected chi connectivity index (χ4v) is 1.19. The third-order valence-electron chi connectivity index (χ3n) is 1.78. The molecule has 2 heteroatoms. The average Bonchev–Trinajstić information content (AvgIpc) is 2.07. The summed E-state index contributed by atoms with van der Waals surface area (Å²) in [6.45, 7) is 0.568. The number of carbonyl (C=O) groups excluding carboxylic acids is 1. The lowest BCUT2D eigenvalue weighted by molar-refractivity contribution is -0.109. The lowest BCUT2D eigenvalue weighted by atomic mass is 10.1. The molecule has 0 radical (unpaired) electrons. The molecule has 0 bridgehead atoms. The van der Waals surface area contributed by atoms with Crippen LogP contribution < -0.4 is 0 Å². The molecule has 0 amide bonds. The molecular formula is C9H14O2. The van der Waals surface area contributed by atoms with Gasteiger partial charge in [0.15, 0.2) is 0 Å². The van der Waals surface area contributed by atoms with Gasteiger partial charge in [-0.05, 0) is 19.3 Å². The summed E-state index contributed by atoms with van der Waals surface area (Å²) in [5.74, 6) is 0. The van der Waals surface area contributed by atoms with Gasteiger partial charge in [0.1, 0.15) is 6.29 Å². The van der Waals surface area contributed by atoms with Crippen LogP contribution in [-0.4, -0.2) is 19.0 Å². The molecule has 0 aromatic carbocycles. The zero-order valence-corrected chi connectivity index (χ0v) is 6.66. The van der Waals surface area contributed by atoms with E-state index in [2.05, 4.69) is 12.2 Å². The van der Waals surface area contributed by atoms with Gasteiger partial charge < -0.3 is 9.53 Å². The maximum atomic E-state index is 9.95. The Kier molecular flexibility index (Phi) is 3.91. The van der Waals surface area contributed by atoms with Gasteiger partial charge in [0.05, 0.1) is 12.7 Å². The second kappa shape index (κ2) is 5.08. The lowest BCUT2D eigenvalue weighted by Gasteiger charge is -2.15. The minimum absolute atomic E-state index is 0.267. The normalized spacial score (nSPS) is 23.5. The second-order valence-corrected chi connectivity index (χ2v) is 2.72. The monoisotopic (exact) mass is 154 g/mol. The Labute approximate surface area is 67.2 Å². The van der Waals surface area contributed by atoms with Gasteiger partial charge in [0.25, 0.3) is 0 Å². The smallest absolute Gasteiger partial charge is 0.122 e. The van der Waals surface area contributed by atoms with Crippen molar-refractivity contribution in [3.63, 3.8) is 0 Å². The first-order valence-electron chi connectivity index (χ1n) is 4.15. The molecule has 0 aromatic rings. The molecule has 0 saturated heterocycles. The summed E-state index contributed by atoms with van der Waals surface area (Å²) in [5, 5.41) is 0. The molecule has 0 N–H and O–H groups in total. The summed E-state index contributed by atoms with van der Waals surface area (Å²) < 4.78 is 5.41. The van der Waals surface area contributed by atoms with Crippen molar-refractivity contribution in [2.24, 2.45) is 0 Å². The van der Waals surface area contributed by atoms with Crippen molar-refractivity contribution < 1.29 is 9.53 Å². The van der Waals surface area contributed by atoms with Crippen molar-refractivity contribution in [3.8, 4) is 0 Å². The maximum absolute atomic E-state index is 9.95. The molecule has 0 saturated carbocycles. The summed E-state index contributed by atoms with van der Waals surface area (Å²) in [7, 11) is 0. The average molecular weight is 154 g/mol. The molecule has 11 heavy (non-hydrogen) atoms. The standard InChI is InChI=1S/C9H14O2/c10-7-4-8-11-9-5-2-1-3-6-9/h2,5,7,9H,1,3-4,6,8H2. The number of hydrogen-bond donors (Lipinski definition) is 0. The van der Waals surface area contributed by atoms with Crippen LogP contribution in [0.3, 0.4) is 0 Å². The van der Waals surface area contributed by atoms with E-state index in [-0.39, 0.29) is 6.10 Å². The fourth-order valence-electron chi connectivity index (χ4n) is 1.19. The highest BCUT2D eigenvalue weighted by atomic mass is 16.5. The van der Waals surface area contributed by atoms with Crippen LogP contribution in [0.5, 0.6) is 0 Å². The van der Waals surface area contributed by atoms with E-state index < -0.39 is 0 Å². The number of carbonyl (C=O) groups is 1. The van der Waals surface area contributed by atoms with Crippen LogP contribution in [-0.2, 0) is 9.53 Å². The molecule has 1 rings (SSSR count). The van der Waals surface area contributed by atoms with Crippen LogP contribution in [0.15, 0.2) is 12.2 Å². The predicted octanol–water partition coefficient (Wildman–Crippen LogP) is 1.70. The molecule has 0 aromatic heterocycles. The summed E-state index contributed by atoms with van der Waals surface area (Å²) in [6.07, 6.45) is 9.41. The van der Waals surface area contributed by atoms with E-state index in [9.17, 15) is 4.79 Å². The van der Waals surface area contributed by atoms with Crippen molar-refractivity contribution in [3.05, 3.63) is 12.2 Å². The summed E-state index contributed by atoms with van der Waals surface area (Å²) in [4.78, 5) is 9.95. The third kappa shape index (κ3) is 3.33. The zero-order valence-electron chi connectivity index (χ0n) is 6.66. The highest BCUT2D eigenvalue weighted by Gasteiger charge is 2.06. The number of aldehydes is 1. The molecule has 1 aliphatic rings. The van der Waals surface area contributed by atoms with E-state index in [4.69, 9.17) is 4.74 Å². The number of ether oxygens (including phenoxy) is 1. The number of hydrogen-bond acceptors (Lipinski definition) is 2. The van der Waals surface area contributed by atoms with Crippen molar-refractivity contribution in [1.29, 1.82) is 0 Å². The molecule has 0 spiro atoms. The van der Waals surface area contributed by atoms with Crippen molar-refractivity contribution >= 4 is 6.29 Å². The Bertz CT molecular complexity index is 140. The van der Waals surface area contributed by atoms with Crippen LogP contribution in [0.25, 0.3) is 0 Å². The van der Waals surface area contributed by atoms with E-state index in [0.29, 0.717) is 13.0 Å². The Hall–Kier alpha value is -0.630. The van der Waals surface area contributed by atoms with Crippen LogP contribution in [0.4, 0.5) is 0 Å². The highest BCUT2D eigenvalue weighted by Crippen LogP contribution is 2.13. The molecular weight excluding hydrogens is 140 g/mol. The summed E-state index contributed by atoms with van der Waals surface area (Å²) in [5.41, 5.74) is 0. The van der Waals surface area contributed by atoms with Crippen LogP contribution in [0, 0.1) is 0 Å². The van der Waals surface area contributed by atoms with Gasteiger partial charge in [-0.3, -0.25) is 0 Å². The van der Waals surface area contributed by atoms with Gasteiger partial charge in [0, 0.05) is 6.42 Å². The van der Waals surface area contributed by atoms with Gasteiger partial charge in [-0.25, -0.2) is 0 Å². The highest BCUT2D eigenvalue weighted by molar-refractivity contribution is 5.49. The molecule has 1 atom stereocenters. The SMILES string of the molecule is O=CCCOC1C=CCCC1. The van der Waals surface area contributed by atoms with Crippen LogP contribution in [0.1, 0.15) is 25.7 Å². The largest absolute Gasteiger partial charge is 0.374 e. The minimum atomic E-state index is 0.267. The first kappa shape index (κ1) is 8.47. The van der Waals surface area contributed by atoms with Crippen molar-refractivity contribution in [1.82, 2.24) is 0 Å². The Morgan fingerprint density at radius 1 is 1.64 bits per heavy atom. The summed E-state index contributed by atoms with van der Waals surface area (Å²) in [6, 6.07) is 0. The molecule has 2 nitrogen and oxygen atoms in total. The third-order valence-corrected chi connectivity index (χ3v) is 1.78. The Balaban J connectivity index is 2.09. The molecule has 0 aliphatic heterocycles. The number of rotatable bonds is 4. The van der Waals surface area contributed by atoms with E-state index in [1.807, 2.05) is 0 Å². The predicted molar refractivity (Wildman–Crippen MR) is 43.4 cm³/mol. The first-order chi connectivity index (χ1) is 5.43. The molecule has 1 aliphatic carbocycles. The van der Waals surface area contributed by atoms with E-state index >= 15 is 0 Å². The number of allylic oxidation sites excluding steroid dienone is 1. The van der Waals surface area contributed by atoms with Crippen LogP contribution in [0.2, 0.25) is 0 Å². The van der Waals surface area contributed by atoms with E-state index in [1.165, 1.54) is 12.8 Å². The molecule has 0 heterocycles. The van der Waals surface area contributed by atoms with Crippen molar-refractivity contribution in [2.45, 2.75) is 31.8 Å². The van der Waals surface area contributed by atoms with Gasteiger partial charge in [-0.2, -0.15) is 0 Å². The van der Waals surface area contributed by atoms with Gasteiger partial charge >= 0.3 is 0 Å². The lowest BCUT2D eigenvalue weighted by Crippen LogP contribution is -2.13. The Morgan fingerprint density at radius 3 is 3.18 bits per heavy atom. The minimum Gasteiger partial charge on any atom is -0.374 e.